The number of likely N-dealkylation sites (N-methyl/N-ethyl adjacent to an activating group) is 1. The van der Waals surface area contributed by atoms with Crippen LogP contribution in [0.2, 0.25) is 0 Å². The van der Waals surface area contributed by atoms with Gasteiger partial charge in [-0.15, -0.1) is 0 Å². The van der Waals surface area contributed by atoms with Crippen LogP contribution in [-0.2, 0) is 56.8 Å². The highest BCUT2D eigenvalue weighted by Gasteiger charge is 2.19. The lowest BCUT2D eigenvalue weighted by molar-refractivity contribution is -0.0277. The molecule has 1 amide bonds. The molecule has 0 aromatic rings. The summed E-state index contributed by atoms with van der Waals surface area (Å²) in [6.07, 6.45) is 13.0. The molecule has 324 valence electrons. The zero-order chi connectivity index (χ0) is 39.5. The molecule has 0 atom stereocenters. The first-order valence-corrected chi connectivity index (χ1v) is 20.7. The molecule has 0 aromatic carbocycles. The van der Waals surface area contributed by atoms with Crippen LogP contribution >= 0.6 is 0 Å². The minimum absolute atomic E-state index is 0.362. The molecule has 0 radical (unpaired) electrons. The fourth-order valence-electron chi connectivity index (χ4n) is 4.63. The molecule has 0 N–H and O–H groups in total. The molecule has 0 heterocycles. The standard InChI is InChI=1S/C40H81NO13/c1-6-7-8-9-10-11-12-13-14-15-17-43-19-21-45-23-25-47-27-29-49-31-33-51-35-37-53-38-36-52-34-32-50-30-28-48-26-24-46-22-20-44-18-16-41(5)39(42)54-40(2,3)4/h6-38H2,1-5H3. The average molecular weight is 784 g/mol. The van der Waals surface area contributed by atoms with Crippen molar-refractivity contribution in [2.24, 2.45) is 0 Å². The van der Waals surface area contributed by atoms with Gasteiger partial charge in [0.05, 0.1) is 139 Å². The molecule has 0 bridgehead atoms. The Balaban J connectivity index is 3.12. The van der Waals surface area contributed by atoms with Gasteiger partial charge < -0.3 is 61.7 Å². The highest BCUT2D eigenvalue weighted by molar-refractivity contribution is 5.67. The monoisotopic (exact) mass is 784 g/mol. The van der Waals surface area contributed by atoms with Gasteiger partial charge >= 0.3 is 6.09 Å². The normalized spacial score (nSPS) is 11.8. The number of hydrogen-bond donors (Lipinski definition) is 0. The highest BCUT2D eigenvalue weighted by atomic mass is 16.6. The van der Waals surface area contributed by atoms with E-state index in [1.807, 2.05) is 20.8 Å². The van der Waals surface area contributed by atoms with E-state index in [-0.39, 0.29) is 6.09 Å². The van der Waals surface area contributed by atoms with E-state index in [2.05, 4.69) is 6.92 Å². The number of ether oxygens (including phenoxy) is 12. The number of carbonyl (C=O) groups is 1. The molecule has 0 aliphatic rings. The van der Waals surface area contributed by atoms with Crippen molar-refractivity contribution in [3.63, 3.8) is 0 Å². The summed E-state index contributed by atoms with van der Waals surface area (Å²) in [6, 6.07) is 0. The topological polar surface area (TPSA) is 131 Å². The van der Waals surface area contributed by atoms with Gasteiger partial charge in [-0.3, -0.25) is 0 Å². The van der Waals surface area contributed by atoms with E-state index in [4.69, 9.17) is 56.8 Å². The molecule has 0 aromatic heterocycles. The molecular formula is C40H81NO13. The fourth-order valence-corrected chi connectivity index (χ4v) is 4.63. The molecule has 0 aliphatic heterocycles. The molecule has 0 aliphatic carbocycles. The van der Waals surface area contributed by atoms with Gasteiger partial charge in [-0.2, -0.15) is 0 Å². The van der Waals surface area contributed by atoms with Crippen molar-refractivity contribution in [1.29, 1.82) is 0 Å². The molecule has 0 spiro atoms. The summed E-state index contributed by atoms with van der Waals surface area (Å²) in [5.74, 6) is 0. The Labute approximate surface area is 328 Å². The van der Waals surface area contributed by atoms with Crippen molar-refractivity contribution >= 4 is 6.09 Å². The van der Waals surface area contributed by atoms with Crippen molar-refractivity contribution in [3.05, 3.63) is 0 Å². The summed E-state index contributed by atoms with van der Waals surface area (Å²) in [5, 5.41) is 0. The number of rotatable bonds is 44. The Morgan fingerprint density at radius 2 is 0.611 bits per heavy atom. The zero-order valence-corrected chi connectivity index (χ0v) is 35.1. The van der Waals surface area contributed by atoms with Gasteiger partial charge in [-0.1, -0.05) is 64.7 Å². The summed E-state index contributed by atoms with van der Waals surface area (Å²) < 4.78 is 66.0. The van der Waals surface area contributed by atoms with Crippen LogP contribution in [0.3, 0.4) is 0 Å². The highest BCUT2D eigenvalue weighted by Crippen LogP contribution is 2.11. The van der Waals surface area contributed by atoms with Crippen LogP contribution in [0.4, 0.5) is 4.79 Å². The van der Waals surface area contributed by atoms with Crippen LogP contribution in [0.5, 0.6) is 0 Å². The van der Waals surface area contributed by atoms with Crippen molar-refractivity contribution in [2.45, 2.75) is 97.5 Å². The Kier molecular flexibility index (Phi) is 42.0. The Hall–Kier alpha value is -1.17. The Morgan fingerprint density at radius 3 is 0.889 bits per heavy atom. The average Bonchev–Trinajstić information content (AvgIpc) is 3.14. The van der Waals surface area contributed by atoms with Crippen molar-refractivity contribution in [3.8, 4) is 0 Å². The van der Waals surface area contributed by atoms with Crippen LogP contribution in [0.25, 0.3) is 0 Å². The van der Waals surface area contributed by atoms with E-state index in [0.717, 1.165) is 13.0 Å². The molecule has 54 heavy (non-hydrogen) atoms. The quantitative estimate of drug-likeness (QED) is 0.0675. The lowest BCUT2D eigenvalue weighted by atomic mass is 10.1. The molecule has 14 heteroatoms. The van der Waals surface area contributed by atoms with E-state index >= 15 is 0 Å². The number of nitrogens with zero attached hydrogens (tertiary/aromatic N) is 1. The first-order valence-electron chi connectivity index (χ1n) is 20.7. The van der Waals surface area contributed by atoms with Crippen LogP contribution in [0.15, 0.2) is 0 Å². The molecule has 0 unspecified atom stereocenters. The molecule has 14 nitrogen and oxygen atoms in total. The van der Waals surface area contributed by atoms with Crippen molar-refractivity contribution in [1.82, 2.24) is 4.90 Å². The number of amides is 1. The van der Waals surface area contributed by atoms with Gasteiger partial charge in [-0.05, 0) is 27.2 Å². The molecule has 0 saturated carbocycles. The van der Waals surface area contributed by atoms with E-state index < -0.39 is 5.60 Å². The first kappa shape index (κ1) is 52.8. The van der Waals surface area contributed by atoms with Crippen molar-refractivity contribution in [2.75, 3.05) is 159 Å². The second-order valence-electron chi connectivity index (χ2n) is 13.8. The zero-order valence-electron chi connectivity index (χ0n) is 35.1. The van der Waals surface area contributed by atoms with Gasteiger partial charge in [0.15, 0.2) is 0 Å². The fraction of sp³-hybridized carbons (Fsp3) is 0.975. The first-order chi connectivity index (χ1) is 26.4. The largest absolute Gasteiger partial charge is 0.444 e. The Morgan fingerprint density at radius 1 is 0.370 bits per heavy atom. The second kappa shape index (κ2) is 43.0. The van der Waals surface area contributed by atoms with E-state index in [0.29, 0.717) is 145 Å². The number of unbranched alkanes of at least 4 members (excludes halogenated alkanes) is 9. The molecular weight excluding hydrogens is 702 g/mol. The van der Waals surface area contributed by atoms with Crippen molar-refractivity contribution < 1.29 is 61.6 Å². The van der Waals surface area contributed by atoms with Gasteiger partial charge in [0.2, 0.25) is 0 Å². The number of carbonyl (C=O) groups excluding carboxylic acids is 1. The van der Waals surface area contributed by atoms with Crippen LogP contribution in [0.1, 0.15) is 91.9 Å². The third-order valence-corrected chi connectivity index (χ3v) is 7.64. The maximum absolute atomic E-state index is 11.9. The summed E-state index contributed by atoms with van der Waals surface area (Å²) in [6.45, 7) is 19.8. The third-order valence-electron chi connectivity index (χ3n) is 7.64. The summed E-state index contributed by atoms with van der Waals surface area (Å²) in [7, 11) is 1.68. The van der Waals surface area contributed by atoms with Crippen LogP contribution in [0, 0.1) is 0 Å². The minimum atomic E-state index is -0.509. The SMILES string of the molecule is CCCCCCCCCCCCOCCOCCOCCOCCOCCOCCOCCOCCOCCOCCOCCN(C)C(=O)OC(C)(C)C. The lowest BCUT2D eigenvalue weighted by Crippen LogP contribution is -2.36. The second-order valence-corrected chi connectivity index (χ2v) is 13.8. The van der Waals surface area contributed by atoms with E-state index in [1.54, 1.807) is 7.05 Å². The maximum atomic E-state index is 11.9. The maximum Gasteiger partial charge on any atom is 0.410 e. The van der Waals surface area contributed by atoms with E-state index in [1.165, 1.54) is 62.7 Å². The summed E-state index contributed by atoms with van der Waals surface area (Å²) >= 11 is 0. The Bertz CT molecular complexity index is 745. The number of hydrogen-bond acceptors (Lipinski definition) is 13. The minimum Gasteiger partial charge on any atom is -0.444 e. The third kappa shape index (κ3) is 45.2. The molecule has 0 fully saturated rings. The van der Waals surface area contributed by atoms with Crippen LogP contribution in [-0.4, -0.2) is 176 Å². The lowest BCUT2D eigenvalue weighted by Gasteiger charge is -2.24. The summed E-state index contributed by atoms with van der Waals surface area (Å²) in [4.78, 5) is 13.4. The predicted molar refractivity (Wildman–Crippen MR) is 210 cm³/mol. The predicted octanol–water partition coefficient (Wildman–Crippen LogP) is 5.96. The van der Waals surface area contributed by atoms with Gasteiger partial charge in [-0.25, -0.2) is 4.79 Å². The van der Waals surface area contributed by atoms with Gasteiger partial charge in [0.25, 0.3) is 0 Å². The van der Waals surface area contributed by atoms with Gasteiger partial charge in [0, 0.05) is 20.2 Å². The van der Waals surface area contributed by atoms with Gasteiger partial charge in [0.1, 0.15) is 5.60 Å². The van der Waals surface area contributed by atoms with E-state index in [9.17, 15) is 4.79 Å². The molecule has 0 rings (SSSR count). The van der Waals surface area contributed by atoms with Crippen LogP contribution < -0.4 is 0 Å². The molecule has 0 saturated heterocycles. The summed E-state index contributed by atoms with van der Waals surface area (Å²) in [5.41, 5.74) is -0.509. The smallest absolute Gasteiger partial charge is 0.410 e.